The average Bonchev–Trinajstić information content (AvgIpc) is 2.36. The fourth-order valence-corrected chi connectivity index (χ4v) is 1.50. The Balaban J connectivity index is 3.00. The highest BCUT2D eigenvalue weighted by atomic mass is 19.4. The lowest BCUT2D eigenvalue weighted by atomic mass is 10.0. The lowest BCUT2D eigenvalue weighted by Crippen LogP contribution is -2.24. The Morgan fingerprint density at radius 1 is 1.05 bits per heavy atom. The Hall–Kier alpha value is -1.77. The van der Waals surface area contributed by atoms with Gasteiger partial charge in [-0.1, -0.05) is 0 Å². The summed E-state index contributed by atoms with van der Waals surface area (Å²) in [6.45, 7) is -0.657. The maximum absolute atomic E-state index is 12.6. The van der Waals surface area contributed by atoms with Crippen molar-refractivity contribution in [3.8, 4) is 0 Å². The van der Waals surface area contributed by atoms with E-state index in [9.17, 15) is 31.1 Å². The van der Waals surface area contributed by atoms with Crippen LogP contribution in [0.1, 0.15) is 16.7 Å². The summed E-state index contributed by atoms with van der Waals surface area (Å²) >= 11 is 0. The summed E-state index contributed by atoms with van der Waals surface area (Å²) in [5, 5.41) is 2.40. The molecule has 0 saturated carbocycles. The maximum atomic E-state index is 12.6. The van der Waals surface area contributed by atoms with E-state index in [0.29, 0.717) is 12.1 Å². The predicted molar refractivity (Wildman–Crippen MR) is 60.2 cm³/mol. The van der Waals surface area contributed by atoms with E-state index in [0.717, 1.165) is 7.11 Å². The Morgan fingerprint density at radius 2 is 1.52 bits per heavy atom. The topological polar surface area (TPSA) is 38.3 Å². The van der Waals surface area contributed by atoms with E-state index in [1.165, 1.54) is 0 Å². The number of hydrogen-bond donors (Lipinski definition) is 1. The number of hydrogen-bond acceptors (Lipinski definition) is 3. The largest absolute Gasteiger partial charge is 0.468 e. The van der Waals surface area contributed by atoms with Crippen LogP contribution in [-0.4, -0.2) is 19.6 Å². The Labute approximate surface area is 115 Å². The van der Waals surface area contributed by atoms with E-state index >= 15 is 0 Å². The monoisotopic (exact) mass is 315 g/mol. The Bertz CT molecular complexity index is 477. The SMILES string of the molecule is COC(=O)CNCc1cc(C(F)(F)F)cc(C(F)(F)F)c1. The molecule has 0 atom stereocenters. The number of halogens is 6. The van der Waals surface area contributed by atoms with Gasteiger partial charge in [-0.15, -0.1) is 0 Å². The van der Waals surface area contributed by atoms with E-state index in [1.807, 2.05) is 0 Å². The number of ether oxygens (including phenoxy) is 1. The van der Waals surface area contributed by atoms with E-state index in [4.69, 9.17) is 0 Å². The highest BCUT2D eigenvalue weighted by molar-refractivity contribution is 5.71. The first kappa shape index (κ1) is 17.3. The van der Waals surface area contributed by atoms with Gasteiger partial charge in [-0.2, -0.15) is 26.3 Å². The van der Waals surface area contributed by atoms with Crippen molar-refractivity contribution >= 4 is 5.97 Å². The second-order valence-corrected chi connectivity index (χ2v) is 4.09. The fourth-order valence-electron chi connectivity index (χ4n) is 1.50. The van der Waals surface area contributed by atoms with Crippen LogP contribution in [0.15, 0.2) is 18.2 Å². The number of methoxy groups -OCH3 is 1. The molecule has 9 heteroatoms. The third-order valence-corrected chi connectivity index (χ3v) is 2.47. The minimum absolute atomic E-state index is 0.0454. The van der Waals surface area contributed by atoms with Gasteiger partial charge in [-0.3, -0.25) is 4.79 Å². The zero-order valence-electron chi connectivity index (χ0n) is 10.7. The second kappa shape index (κ2) is 6.33. The summed E-state index contributed by atoms with van der Waals surface area (Å²) in [5.41, 5.74) is -3.03. The van der Waals surface area contributed by atoms with Gasteiger partial charge >= 0.3 is 18.3 Å². The summed E-state index contributed by atoms with van der Waals surface area (Å²) in [4.78, 5) is 10.8. The molecular weight excluding hydrogens is 304 g/mol. The van der Waals surface area contributed by atoms with Crippen molar-refractivity contribution in [1.29, 1.82) is 0 Å². The molecule has 0 aliphatic heterocycles. The summed E-state index contributed by atoms with van der Waals surface area (Å²) in [5.74, 6) is -0.682. The number of alkyl halides is 6. The molecule has 0 fully saturated rings. The average molecular weight is 315 g/mol. The molecule has 1 aromatic carbocycles. The van der Waals surface area contributed by atoms with Crippen LogP contribution in [-0.2, 0) is 28.4 Å². The molecule has 0 bridgehead atoms. The molecule has 0 radical (unpaired) electrons. The van der Waals surface area contributed by atoms with Crippen LogP contribution in [0.2, 0.25) is 0 Å². The molecule has 0 aromatic heterocycles. The highest BCUT2D eigenvalue weighted by Crippen LogP contribution is 2.36. The van der Waals surface area contributed by atoms with Gasteiger partial charge in [0.05, 0.1) is 24.8 Å². The molecule has 0 aliphatic rings. The molecule has 118 valence electrons. The zero-order valence-corrected chi connectivity index (χ0v) is 10.7. The van der Waals surface area contributed by atoms with E-state index in [1.54, 1.807) is 0 Å². The molecule has 1 rings (SSSR count). The molecule has 1 aromatic rings. The van der Waals surface area contributed by atoms with Crippen LogP contribution in [0.25, 0.3) is 0 Å². The summed E-state index contributed by atoms with van der Waals surface area (Å²) in [6, 6.07) is 1.24. The highest BCUT2D eigenvalue weighted by Gasteiger charge is 2.36. The van der Waals surface area contributed by atoms with Crippen molar-refractivity contribution in [3.63, 3.8) is 0 Å². The van der Waals surface area contributed by atoms with Crippen molar-refractivity contribution in [1.82, 2.24) is 5.32 Å². The standard InChI is InChI=1S/C12H11F6NO2/c1-21-10(20)6-19-5-7-2-8(11(13,14)15)4-9(3-7)12(16,17)18/h2-4,19H,5-6H2,1H3. The molecule has 0 saturated heterocycles. The molecule has 21 heavy (non-hydrogen) atoms. The van der Waals surface area contributed by atoms with Gasteiger partial charge in [-0.25, -0.2) is 0 Å². The Morgan fingerprint density at radius 3 is 1.90 bits per heavy atom. The summed E-state index contributed by atoms with van der Waals surface area (Å²) < 4.78 is 79.8. The first-order valence-corrected chi connectivity index (χ1v) is 5.60. The van der Waals surface area contributed by atoms with Gasteiger partial charge in [-0.05, 0) is 23.8 Å². The van der Waals surface area contributed by atoms with E-state index in [2.05, 4.69) is 10.1 Å². The number of nitrogens with one attached hydrogen (secondary N) is 1. The quantitative estimate of drug-likeness (QED) is 0.686. The maximum Gasteiger partial charge on any atom is 0.416 e. The summed E-state index contributed by atoms with van der Waals surface area (Å²) in [7, 11) is 1.11. The summed E-state index contributed by atoms with van der Waals surface area (Å²) in [6.07, 6.45) is -9.78. The molecule has 0 spiro atoms. The number of carbonyl (C=O) groups is 1. The smallest absolute Gasteiger partial charge is 0.416 e. The molecule has 3 nitrogen and oxygen atoms in total. The van der Waals surface area contributed by atoms with Crippen LogP contribution >= 0.6 is 0 Å². The van der Waals surface area contributed by atoms with Crippen molar-refractivity contribution in [3.05, 3.63) is 34.9 Å². The molecule has 0 heterocycles. The van der Waals surface area contributed by atoms with Crippen molar-refractivity contribution in [2.45, 2.75) is 18.9 Å². The lowest BCUT2D eigenvalue weighted by molar-refractivity contribution is -0.143. The van der Waals surface area contributed by atoms with E-state index in [-0.39, 0.29) is 24.7 Å². The predicted octanol–water partition coefficient (Wildman–Crippen LogP) is 2.99. The number of esters is 1. The van der Waals surface area contributed by atoms with Crippen molar-refractivity contribution in [2.24, 2.45) is 0 Å². The third kappa shape index (κ3) is 5.25. The third-order valence-electron chi connectivity index (χ3n) is 2.47. The van der Waals surface area contributed by atoms with Crippen LogP contribution in [0, 0.1) is 0 Å². The first-order chi connectivity index (χ1) is 9.54. The second-order valence-electron chi connectivity index (χ2n) is 4.09. The zero-order chi connectivity index (χ0) is 16.3. The van der Waals surface area contributed by atoms with Crippen LogP contribution in [0.5, 0.6) is 0 Å². The molecule has 0 amide bonds. The first-order valence-electron chi connectivity index (χ1n) is 5.60. The Kier molecular flexibility index (Phi) is 5.21. The van der Waals surface area contributed by atoms with Crippen LogP contribution < -0.4 is 5.32 Å². The number of benzene rings is 1. The van der Waals surface area contributed by atoms with Crippen LogP contribution in [0.4, 0.5) is 26.3 Å². The van der Waals surface area contributed by atoms with Crippen LogP contribution in [0.3, 0.4) is 0 Å². The van der Waals surface area contributed by atoms with Crippen molar-refractivity contribution < 1.29 is 35.9 Å². The minimum Gasteiger partial charge on any atom is -0.468 e. The van der Waals surface area contributed by atoms with E-state index < -0.39 is 29.4 Å². The molecular formula is C12H11F6NO2. The van der Waals surface area contributed by atoms with Gasteiger partial charge < -0.3 is 10.1 Å². The number of carbonyl (C=O) groups excluding carboxylic acids is 1. The normalized spacial score (nSPS) is 12.3. The number of rotatable bonds is 4. The minimum atomic E-state index is -4.89. The van der Waals surface area contributed by atoms with Gasteiger partial charge in [0.1, 0.15) is 0 Å². The van der Waals surface area contributed by atoms with Crippen molar-refractivity contribution in [2.75, 3.05) is 13.7 Å². The molecule has 1 N–H and O–H groups in total. The fraction of sp³-hybridized carbons (Fsp3) is 0.417. The van der Waals surface area contributed by atoms with Gasteiger partial charge in [0, 0.05) is 6.54 Å². The lowest BCUT2D eigenvalue weighted by Gasteiger charge is -2.14. The van der Waals surface area contributed by atoms with Gasteiger partial charge in [0.2, 0.25) is 0 Å². The van der Waals surface area contributed by atoms with Gasteiger partial charge in [0.15, 0.2) is 0 Å². The molecule has 0 unspecified atom stereocenters. The van der Waals surface area contributed by atoms with Gasteiger partial charge in [0.25, 0.3) is 0 Å². The molecule has 0 aliphatic carbocycles.